The molecule has 0 amide bonds. The zero-order valence-corrected chi connectivity index (χ0v) is 10.7. The van der Waals surface area contributed by atoms with E-state index in [0.29, 0.717) is 10.0 Å². The van der Waals surface area contributed by atoms with Crippen molar-refractivity contribution in [2.45, 2.75) is 13.3 Å². The van der Waals surface area contributed by atoms with Crippen LogP contribution in [0.15, 0.2) is 23.6 Å². The van der Waals surface area contributed by atoms with Gasteiger partial charge in [-0.1, -0.05) is 23.7 Å². The van der Waals surface area contributed by atoms with Crippen molar-refractivity contribution in [1.29, 1.82) is 0 Å². The van der Waals surface area contributed by atoms with E-state index in [2.05, 4.69) is 4.98 Å². The van der Waals surface area contributed by atoms with Crippen LogP contribution < -0.4 is 0 Å². The largest absolute Gasteiger partial charge is 0.481 e. The standard InChI is InChI=1S/C12H10ClNO2S/c1-7-2-3-8(4-9(7)13)10-6-17-11(14-10)5-12(15)16/h2-4,6H,5H2,1H3,(H,15,16). The molecule has 0 aliphatic rings. The molecule has 0 spiro atoms. The Hall–Kier alpha value is -1.39. The van der Waals surface area contributed by atoms with Gasteiger partial charge in [-0.25, -0.2) is 4.98 Å². The van der Waals surface area contributed by atoms with Crippen molar-refractivity contribution >= 4 is 28.9 Å². The third kappa shape index (κ3) is 2.84. The highest BCUT2D eigenvalue weighted by molar-refractivity contribution is 7.10. The maximum Gasteiger partial charge on any atom is 0.310 e. The number of benzene rings is 1. The third-order valence-electron chi connectivity index (χ3n) is 2.32. The lowest BCUT2D eigenvalue weighted by molar-refractivity contribution is -0.136. The van der Waals surface area contributed by atoms with Crippen molar-refractivity contribution in [3.63, 3.8) is 0 Å². The van der Waals surface area contributed by atoms with Crippen LogP contribution in [0.5, 0.6) is 0 Å². The van der Waals surface area contributed by atoms with Crippen molar-refractivity contribution in [1.82, 2.24) is 4.98 Å². The fourth-order valence-electron chi connectivity index (χ4n) is 1.41. The molecule has 0 saturated carbocycles. The number of carboxylic acids is 1. The normalized spacial score (nSPS) is 10.5. The number of nitrogens with zero attached hydrogens (tertiary/aromatic N) is 1. The molecule has 0 fully saturated rings. The highest BCUT2D eigenvalue weighted by Crippen LogP contribution is 2.26. The lowest BCUT2D eigenvalue weighted by atomic mass is 10.1. The molecule has 0 aliphatic heterocycles. The molecule has 1 aromatic heterocycles. The van der Waals surface area contributed by atoms with Gasteiger partial charge in [-0.3, -0.25) is 4.79 Å². The molecule has 0 saturated heterocycles. The van der Waals surface area contributed by atoms with Crippen LogP contribution in [0.1, 0.15) is 10.6 Å². The molecule has 1 aromatic carbocycles. The summed E-state index contributed by atoms with van der Waals surface area (Å²) in [5.74, 6) is -0.868. The molecular weight excluding hydrogens is 258 g/mol. The number of aromatic nitrogens is 1. The van der Waals surface area contributed by atoms with Gasteiger partial charge in [0.2, 0.25) is 0 Å². The fraction of sp³-hybridized carbons (Fsp3) is 0.167. The van der Waals surface area contributed by atoms with E-state index in [9.17, 15) is 4.79 Å². The summed E-state index contributed by atoms with van der Waals surface area (Å²) in [6.07, 6.45) is -0.0374. The highest BCUT2D eigenvalue weighted by Gasteiger charge is 2.08. The van der Waals surface area contributed by atoms with Crippen molar-refractivity contribution in [2.24, 2.45) is 0 Å². The van der Waals surface area contributed by atoms with Crippen molar-refractivity contribution < 1.29 is 9.90 Å². The van der Waals surface area contributed by atoms with E-state index < -0.39 is 5.97 Å². The molecule has 3 nitrogen and oxygen atoms in total. The van der Waals surface area contributed by atoms with Crippen LogP contribution in [0, 0.1) is 6.92 Å². The van der Waals surface area contributed by atoms with Crippen molar-refractivity contribution in [3.8, 4) is 11.3 Å². The van der Waals surface area contributed by atoms with Gasteiger partial charge in [0.05, 0.1) is 12.1 Å². The smallest absolute Gasteiger partial charge is 0.310 e. The van der Waals surface area contributed by atoms with Crippen molar-refractivity contribution in [2.75, 3.05) is 0 Å². The molecule has 5 heteroatoms. The highest BCUT2D eigenvalue weighted by atomic mass is 35.5. The summed E-state index contributed by atoms with van der Waals surface area (Å²) in [6, 6.07) is 5.70. The molecule has 1 N–H and O–H groups in total. The summed E-state index contributed by atoms with van der Waals surface area (Å²) < 4.78 is 0. The Morgan fingerprint density at radius 3 is 2.94 bits per heavy atom. The van der Waals surface area contributed by atoms with Gasteiger partial charge in [0.25, 0.3) is 0 Å². The Labute approximate surface area is 108 Å². The fourth-order valence-corrected chi connectivity index (χ4v) is 2.38. The summed E-state index contributed by atoms with van der Waals surface area (Å²) in [5.41, 5.74) is 2.69. The molecule has 0 unspecified atom stereocenters. The lowest BCUT2D eigenvalue weighted by Gasteiger charge is -2.00. The molecule has 0 aliphatic carbocycles. The maximum atomic E-state index is 10.6. The predicted molar refractivity (Wildman–Crippen MR) is 68.6 cm³/mol. The summed E-state index contributed by atoms with van der Waals surface area (Å²) in [6.45, 7) is 1.93. The van der Waals surface area contributed by atoms with Gasteiger partial charge in [-0.2, -0.15) is 0 Å². The Balaban J connectivity index is 2.30. The molecule has 17 heavy (non-hydrogen) atoms. The van der Waals surface area contributed by atoms with Gasteiger partial charge in [-0.05, 0) is 18.6 Å². The minimum absolute atomic E-state index is 0.0374. The Kier molecular flexibility index (Phi) is 3.45. The number of hydrogen-bond acceptors (Lipinski definition) is 3. The molecular formula is C12H10ClNO2S. The maximum absolute atomic E-state index is 10.6. The summed E-state index contributed by atoms with van der Waals surface area (Å²) in [7, 11) is 0. The van der Waals surface area contributed by atoms with Crippen LogP contribution in [-0.4, -0.2) is 16.1 Å². The number of aliphatic carboxylic acids is 1. The summed E-state index contributed by atoms with van der Waals surface area (Å²) in [4.78, 5) is 14.8. The second kappa shape index (κ2) is 4.85. The van der Waals surface area contributed by atoms with E-state index in [0.717, 1.165) is 16.8 Å². The monoisotopic (exact) mass is 267 g/mol. The zero-order chi connectivity index (χ0) is 12.4. The number of hydrogen-bond donors (Lipinski definition) is 1. The zero-order valence-electron chi connectivity index (χ0n) is 9.11. The minimum Gasteiger partial charge on any atom is -0.481 e. The quantitative estimate of drug-likeness (QED) is 0.927. The van der Waals surface area contributed by atoms with Gasteiger partial charge < -0.3 is 5.11 Å². The van der Waals surface area contributed by atoms with E-state index >= 15 is 0 Å². The first kappa shape index (κ1) is 12.1. The number of rotatable bonds is 3. The van der Waals surface area contributed by atoms with E-state index in [-0.39, 0.29) is 6.42 Å². The summed E-state index contributed by atoms with van der Waals surface area (Å²) >= 11 is 7.38. The van der Waals surface area contributed by atoms with Gasteiger partial charge in [-0.15, -0.1) is 11.3 Å². The van der Waals surface area contributed by atoms with Gasteiger partial charge in [0, 0.05) is 16.0 Å². The summed E-state index contributed by atoms with van der Waals surface area (Å²) in [5, 5.41) is 11.8. The number of aryl methyl sites for hydroxylation is 1. The van der Waals surface area contributed by atoms with Crippen LogP contribution in [-0.2, 0) is 11.2 Å². The first-order valence-corrected chi connectivity index (χ1v) is 6.25. The molecule has 2 aromatic rings. The van der Waals surface area contributed by atoms with Crippen LogP contribution in [0.25, 0.3) is 11.3 Å². The predicted octanol–water partition coefficient (Wildman–Crippen LogP) is 3.40. The SMILES string of the molecule is Cc1ccc(-c2csc(CC(=O)O)n2)cc1Cl. The molecule has 2 rings (SSSR count). The van der Waals surface area contributed by atoms with E-state index in [4.69, 9.17) is 16.7 Å². The van der Waals surface area contributed by atoms with E-state index in [1.165, 1.54) is 11.3 Å². The first-order valence-electron chi connectivity index (χ1n) is 4.99. The second-order valence-corrected chi connectivity index (χ2v) is 5.01. The van der Waals surface area contributed by atoms with Crippen LogP contribution in [0.2, 0.25) is 5.02 Å². The molecule has 1 heterocycles. The molecule has 0 bridgehead atoms. The average molecular weight is 268 g/mol. The number of carbonyl (C=O) groups is 1. The van der Waals surface area contributed by atoms with Crippen LogP contribution in [0.4, 0.5) is 0 Å². The minimum atomic E-state index is -0.868. The van der Waals surface area contributed by atoms with Crippen molar-refractivity contribution in [3.05, 3.63) is 39.2 Å². The Morgan fingerprint density at radius 1 is 1.53 bits per heavy atom. The number of thiazole rings is 1. The third-order valence-corrected chi connectivity index (χ3v) is 3.58. The number of halogens is 1. The number of carboxylic acid groups (broad SMARTS) is 1. The molecule has 0 atom stereocenters. The van der Waals surface area contributed by atoms with E-state index in [1.54, 1.807) is 0 Å². The second-order valence-electron chi connectivity index (χ2n) is 3.66. The average Bonchev–Trinajstić information content (AvgIpc) is 2.69. The topological polar surface area (TPSA) is 50.2 Å². The Morgan fingerprint density at radius 2 is 2.29 bits per heavy atom. The lowest BCUT2D eigenvalue weighted by Crippen LogP contribution is -1.99. The Bertz CT molecular complexity index is 565. The van der Waals surface area contributed by atoms with Crippen LogP contribution in [0.3, 0.4) is 0 Å². The van der Waals surface area contributed by atoms with Crippen LogP contribution >= 0.6 is 22.9 Å². The molecule has 88 valence electrons. The molecule has 0 radical (unpaired) electrons. The van der Waals surface area contributed by atoms with E-state index in [1.807, 2.05) is 30.5 Å². The van der Waals surface area contributed by atoms with Gasteiger partial charge in [0.1, 0.15) is 5.01 Å². The van der Waals surface area contributed by atoms with Gasteiger partial charge in [0.15, 0.2) is 0 Å². The van der Waals surface area contributed by atoms with Gasteiger partial charge >= 0.3 is 5.97 Å². The first-order chi connectivity index (χ1) is 8.06.